The topological polar surface area (TPSA) is 98.7 Å². The Balaban J connectivity index is 1.71. The molecule has 0 spiro atoms. The molecule has 0 aliphatic heterocycles. The number of pyridine rings is 1. The third-order valence-corrected chi connectivity index (χ3v) is 4.23. The summed E-state index contributed by atoms with van der Waals surface area (Å²) < 4.78 is 43.8. The maximum atomic E-state index is 12.6. The van der Waals surface area contributed by atoms with Crippen LogP contribution in [0.4, 0.5) is 18.9 Å². The normalized spacial score (nSPS) is 11.8. The van der Waals surface area contributed by atoms with E-state index in [9.17, 15) is 18.0 Å². The Bertz CT molecular complexity index is 1050. The lowest BCUT2D eigenvalue weighted by atomic mass is 10.2. The van der Waals surface area contributed by atoms with Crippen LogP contribution in [0.15, 0.2) is 33.8 Å². The van der Waals surface area contributed by atoms with E-state index in [0.717, 1.165) is 16.8 Å². The van der Waals surface area contributed by atoms with Crippen LogP contribution in [0.2, 0.25) is 5.02 Å². The predicted molar refractivity (Wildman–Crippen MR) is 98.2 cm³/mol. The number of anilines is 1. The van der Waals surface area contributed by atoms with Crippen molar-refractivity contribution < 1.29 is 17.7 Å². The Morgan fingerprint density at radius 1 is 1.28 bits per heavy atom. The molecule has 3 aromatic heterocycles. The molecule has 0 atom stereocenters. The van der Waals surface area contributed by atoms with Crippen LogP contribution in [0.25, 0.3) is 5.82 Å². The van der Waals surface area contributed by atoms with Crippen molar-refractivity contribution in [3.8, 4) is 5.82 Å². The summed E-state index contributed by atoms with van der Waals surface area (Å²) in [5, 5.41) is 10.5. The van der Waals surface area contributed by atoms with Crippen molar-refractivity contribution in [2.24, 2.45) is 0 Å². The van der Waals surface area contributed by atoms with Crippen LogP contribution in [0.3, 0.4) is 0 Å². The van der Waals surface area contributed by atoms with Gasteiger partial charge in [0.05, 0.1) is 17.4 Å². The highest BCUT2D eigenvalue weighted by Crippen LogP contribution is 2.28. The molecule has 12 heteroatoms. The van der Waals surface area contributed by atoms with Crippen LogP contribution < -0.4 is 10.9 Å². The van der Waals surface area contributed by atoms with Crippen molar-refractivity contribution in [3.05, 3.63) is 57.2 Å². The number of hydrogen-bond acceptors (Lipinski definition) is 7. The molecule has 8 nitrogen and oxygen atoms in total. The molecule has 3 rings (SSSR count). The van der Waals surface area contributed by atoms with E-state index in [1.807, 2.05) is 13.8 Å². The molecule has 0 fully saturated rings. The van der Waals surface area contributed by atoms with Crippen molar-refractivity contribution in [2.45, 2.75) is 32.4 Å². The second-order valence-electron chi connectivity index (χ2n) is 6.37. The van der Waals surface area contributed by atoms with Gasteiger partial charge in [0, 0.05) is 25.1 Å². The van der Waals surface area contributed by atoms with E-state index in [-0.39, 0.29) is 22.4 Å². The lowest BCUT2D eigenvalue weighted by Gasteiger charge is -2.10. The number of halogens is 4. The maximum absolute atomic E-state index is 12.6. The molecule has 29 heavy (non-hydrogen) atoms. The summed E-state index contributed by atoms with van der Waals surface area (Å²) in [6, 6.07) is 1.86. The van der Waals surface area contributed by atoms with Gasteiger partial charge >= 0.3 is 6.18 Å². The van der Waals surface area contributed by atoms with Crippen molar-refractivity contribution in [1.29, 1.82) is 0 Å². The Labute approximate surface area is 167 Å². The Morgan fingerprint density at radius 3 is 2.62 bits per heavy atom. The summed E-state index contributed by atoms with van der Waals surface area (Å²) in [5.41, 5.74) is -1.38. The fraction of sp³-hybridized carbons (Fsp3) is 0.353. The predicted octanol–water partition coefficient (Wildman–Crippen LogP) is 3.46. The fourth-order valence-electron chi connectivity index (χ4n) is 2.31. The number of nitrogens with one attached hydrogen (secondary N) is 1. The maximum Gasteiger partial charge on any atom is 0.417 e. The van der Waals surface area contributed by atoms with Gasteiger partial charge in [-0.15, -0.1) is 0 Å². The minimum absolute atomic E-state index is 0.0801. The molecule has 0 saturated carbocycles. The standard InChI is InChI=1S/C17H16ClF3N6O2/c1-9(2)15-25-13(29-26-15)5-6-22-11-8-24-27(16(28)14(11)18)12-4-3-10(7-23-12)17(19,20)21/h3-4,7-9,22H,5-6H2,1-2H3. The zero-order valence-electron chi connectivity index (χ0n) is 15.4. The number of alkyl halides is 3. The summed E-state index contributed by atoms with van der Waals surface area (Å²) in [6.45, 7) is 4.24. The highest BCUT2D eigenvalue weighted by atomic mass is 35.5. The lowest BCUT2D eigenvalue weighted by molar-refractivity contribution is -0.137. The minimum atomic E-state index is -4.52. The highest BCUT2D eigenvalue weighted by Gasteiger charge is 2.30. The van der Waals surface area contributed by atoms with Gasteiger partial charge < -0.3 is 9.84 Å². The quantitative estimate of drug-likeness (QED) is 0.641. The summed E-state index contributed by atoms with van der Waals surface area (Å²) in [6.07, 6.45) is -2.21. The van der Waals surface area contributed by atoms with Crippen molar-refractivity contribution in [2.75, 3.05) is 11.9 Å². The van der Waals surface area contributed by atoms with Gasteiger partial charge in [0.25, 0.3) is 5.56 Å². The van der Waals surface area contributed by atoms with Gasteiger partial charge in [-0.3, -0.25) is 4.79 Å². The first-order chi connectivity index (χ1) is 13.7. The van der Waals surface area contributed by atoms with Crippen LogP contribution in [-0.2, 0) is 12.6 Å². The Kier molecular flexibility index (Phi) is 5.87. The highest BCUT2D eigenvalue weighted by molar-refractivity contribution is 6.32. The number of nitrogens with zero attached hydrogens (tertiary/aromatic N) is 5. The molecule has 0 aromatic carbocycles. The van der Waals surface area contributed by atoms with Gasteiger partial charge in [-0.25, -0.2) is 4.98 Å². The smallest absolute Gasteiger partial charge is 0.382 e. The molecule has 3 heterocycles. The van der Waals surface area contributed by atoms with Gasteiger partial charge in [-0.1, -0.05) is 30.6 Å². The van der Waals surface area contributed by atoms with E-state index < -0.39 is 17.3 Å². The average Bonchev–Trinajstić information content (AvgIpc) is 3.14. The van der Waals surface area contributed by atoms with E-state index >= 15 is 0 Å². The first kappa shape index (κ1) is 20.8. The zero-order chi connectivity index (χ0) is 21.2. The third-order valence-electron chi connectivity index (χ3n) is 3.87. The molecular weight excluding hydrogens is 413 g/mol. The largest absolute Gasteiger partial charge is 0.417 e. The molecule has 0 unspecified atom stereocenters. The van der Waals surface area contributed by atoms with Crippen LogP contribution >= 0.6 is 11.6 Å². The molecule has 1 N–H and O–H groups in total. The molecular formula is C17H16ClF3N6O2. The summed E-state index contributed by atoms with van der Waals surface area (Å²) >= 11 is 6.08. The van der Waals surface area contributed by atoms with E-state index in [0.29, 0.717) is 30.9 Å². The van der Waals surface area contributed by atoms with Crippen molar-refractivity contribution in [1.82, 2.24) is 24.9 Å². The minimum Gasteiger partial charge on any atom is -0.382 e. The number of aromatic nitrogens is 5. The summed E-state index contributed by atoms with van der Waals surface area (Å²) in [7, 11) is 0. The van der Waals surface area contributed by atoms with E-state index in [4.69, 9.17) is 16.1 Å². The SMILES string of the molecule is CC(C)c1noc(CCNc2cnn(-c3ccc(C(F)(F)F)cn3)c(=O)c2Cl)n1. The molecule has 0 saturated heterocycles. The Morgan fingerprint density at radius 2 is 2.03 bits per heavy atom. The monoisotopic (exact) mass is 428 g/mol. The second-order valence-corrected chi connectivity index (χ2v) is 6.75. The first-order valence-corrected chi connectivity index (χ1v) is 8.92. The van der Waals surface area contributed by atoms with Crippen LogP contribution in [-0.4, -0.2) is 31.4 Å². The summed E-state index contributed by atoms with van der Waals surface area (Å²) in [4.78, 5) is 20.3. The molecule has 0 bridgehead atoms. The van der Waals surface area contributed by atoms with Crippen LogP contribution in [0.1, 0.15) is 37.0 Å². The van der Waals surface area contributed by atoms with Gasteiger partial charge in [0.2, 0.25) is 5.89 Å². The second kappa shape index (κ2) is 8.19. The molecule has 0 amide bonds. The van der Waals surface area contributed by atoms with Gasteiger partial charge in [-0.05, 0) is 12.1 Å². The third kappa shape index (κ3) is 4.73. The molecule has 154 valence electrons. The molecule has 0 aliphatic carbocycles. The van der Waals surface area contributed by atoms with Gasteiger partial charge in [-0.2, -0.15) is 27.9 Å². The summed E-state index contributed by atoms with van der Waals surface area (Å²) in [5.74, 6) is 1.10. The first-order valence-electron chi connectivity index (χ1n) is 8.54. The van der Waals surface area contributed by atoms with E-state index in [2.05, 4.69) is 25.5 Å². The van der Waals surface area contributed by atoms with Crippen LogP contribution in [0, 0.1) is 0 Å². The van der Waals surface area contributed by atoms with Gasteiger partial charge in [0.15, 0.2) is 11.6 Å². The Hall–Kier alpha value is -2.95. The van der Waals surface area contributed by atoms with Gasteiger partial charge in [0.1, 0.15) is 5.02 Å². The van der Waals surface area contributed by atoms with E-state index in [1.54, 1.807) is 0 Å². The van der Waals surface area contributed by atoms with Crippen molar-refractivity contribution in [3.63, 3.8) is 0 Å². The van der Waals surface area contributed by atoms with Crippen molar-refractivity contribution >= 4 is 17.3 Å². The van der Waals surface area contributed by atoms with Crippen LogP contribution in [0.5, 0.6) is 0 Å². The molecule has 0 radical (unpaired) electrons. The molecule has 3 aromatic rings. The fourth-order valence-corrected chi connectivity index (χ4v) is 2.50. The molecule has 0 aliphatic rings. The van der Waals surface area contributed by atoms with E-state index in [1.165, 1.54) is 6.20 Å². The average molecular weight is 429 g/mol. The number of rotatable bonds is 6. The number of hydrogen-bond donors (Lipinski definition) is 1. The lowest BCUT2D eigenvalue weighted by Crippen LogP contribution is -2.24. The zero-order valence-corrected chi connectivity index (χ0v) is 16.1.